The summed E-state index contributed by atoms with van der Waals surface area (Å²) in [5.41, 5.74) is 0.220. The van der Waals surface area contributed by atoms with Crippen LogP contribution in [0.4, 0.5) is 0 Å². The molecule has 0 saturated carbocycles. The van der Waals surface area contributed by atoms with Gasteiger partial charge in [-0.25, -0.2) is 4.79 Å². The SMILES string of the molecule is C=C(C)C(=O)OC=O.OCCO. The molecule has 12 heavy (non-hydrogen) atoms. The lowest BCUT2D eigenvalue weighted by Gasteiger charge is -1.89. The molecule has 0 bridgehead atoms. The average molecular weight is 176 g/mol. The summed E-state index contributed by atoms with van der Waals surface area (Å²) < 4.78 is 3.88. The zero-order valence-corrected chi connectivity index (χ0v) is 6.82. The maximum atomic E-state index is 10.2. The number of hydrogen-bond acceptors (Lipinski definition) is 5. The average Bonchev–Trinajstić information content (AvgIpc) is 2.05. The minimum Gasteiger partial charge on any atom is -0.394 e. The summed E-state index contributed by atoms with van der Waals surface area (Å²) in [6.45, 7) is 4.53. The minimum atomic E-state index is -0.681. The van der Waals surface area contributed by atoms with Gasteiger partial charge < -0.3 is 14.9 Å². The van der Waals surface area contributed by atoms with E-state index in [0.717, 1.165) is 0 Å². The Bertz CT molecular complexity index is 150. The zero-order valence-electron chi connectivity index (χ0n) is 6.82. The van der Waals surface area contributed by atoms with Gasteiger partial charge in [0.05, 0.1) is 13.2 Å². The molecule has 0 amide bonds. The summed E-state index contributed by atoms with van der Waals surface area (Å²) in [6, 6.07) is 0. The van der Waals surface area contributed by atoms with Gasteiger partial charge in [0.15, 0.2) is 0 Å². The summed E-state index contributed by atoms with van der Waals surface area (Å²) in [5.74, 6) is -0.681. The molecule has 5 heteroatoms. The third kappa shape index (κ3) is 11.6. The van der Waals surface area contributed by atoms with Crippen LogP contribution in [0.25, 0.3) is 0 Å². The van der Waals surface area contributed by atoms with E-state index in [9.17, 15) is 9.59 Å². The van der Waals surface area contributed by atoms with Crippen LogP contribution in [0.3, 0.4) is 0 Å². The summed E-state index contributed by atoms with van der Waals surface area (Å²) in [7, 11) is 0. The third-order valence-electron chi connectivity index (χ3n) is 0.604. The third-order valence-corrected chi connectivity index (χ3v) is 0.604. The number of esters is 1. The lowest BCUT2D eigenvalue weighted by molar-refractivity contribution is -0.148. The molecule has 0 aliphatic carbocycles. The van der Waals surface area contributed by atoms with Crippen molar-refractivity contribution in [3.05, 3.63) is 12.2 Å². The Morgan fingerprint density at radius 2 is 1.92 bits per heavy atom. The summed E-state index contributed by atoms with van der Waals surface area (Å²) in [4.78, 5) is 19.6. The normalized spacial score (nSPS) is 7.58. The molecule has 70 valence electrons. The van der Waals surface area contributed by atoms with Crippen molar-refractivity contribution in [1.29, 1.82) is 0 Å². The first-order chi connectivity index (χ1) is 5.59. The van der Waals surface area contributed by atoms with Gasteiger partial charge in [0, 0.05) is 5.57 Å². The molecule has 0 heterocycles. The number of aliphatic hydroxyl groups is 2. The number of rotatable bonds is 3. The number of hydrogen-bond donors (Lipinski definition) is 2. The van der Waals surface area contributed by atoms with Gasteiger partial charge in [0.1, 0.15) is 0 Å². The van der Waals surface area contributed by atoms with Crippen LogP contribution in [0.2, 0.25) is 0 Å². The first-order valence-corrected chi connectivity index (χ1v) is 3.12. The summed E-state index contributed by atoms with van der Waals surface area (Å²) in [6.07, 6.45) is 0. The van der Waals surface area contributed by atoms with Crippen molar-refractivity contribution < 1.29 is 24.5 Å². The summed E-state index contributed by atoms with van der Waals surface area (Å²) >= 11 is 0. The number of ether oxygens (including phenoxy) is 1. The second kappa shape index (κ2) is 9.80. The van der Waals surface area contributed by atoms with Gasteiger partial charge in [-0.3, -0.25) is 4.79 Å². The van der Waals surface area contributed by atoms with Crippen LogP contribution in [0.1, 0.15) is 6.92 Å². The Hall–Kier alpha value is -1.20. The fourth-order valence-corrected chi connectivity index (χ4v) is 0.144. The van der Waals surface area contributed by atoms with E-state index in [-0.39, 0.29) is 25.3 Å². The van der Waals surface area contributed by atoms with Gasteiger partial charge in [-0.05, 0) is 6.92 Å². The maximum Gasteiger partial charge on any atom is 0.340 e. The van der Waals surface area contributed by atoms with Crippen molar-refractivity contribution in [3.8, 4) is 0 Å². The van der Waals surface area contributed by atoms with Gasteiger partial charge >= 0.3 is 12.4 Å². The van der Waals surface area contributed by atoms with E-state index in [0.29, 0.717) is 0 Å². The lowest BCUT2D eigenvalue weighted by Crippen LogP contribution is -2.01. The molecule has 0 radical (unpaired) electrons. The van der Waals surface area contributed by atoms with E-state index >= 15 is 0 Å². The molecular weight excluding hydrogens is 164 g/mol. The van der Waals surface area contributed by atoms with Gasteiger partial charge in [0.2, 0.25) is 0 Å². The van der Waals surface area contributed by atoms with Gasteiger partial charge in [-0.2, -0.15) is 0 Å². The van der Waals surface area contributed by atoms with Crippen LogP contribution in [-0.4, -0.2) is 35.9 Å². The molecule has 0 fully saturated rings. The molecule has 0 aromatic carbocycles. The molecule has 0 spiro atoms. The second-order valence-electron chi connectivity index (χ2n) is 1.73. The molecular formula is C7H12O5. The maximum absolute atomic E-state index is 10.2. The van der Waals surface area contributed by atoms with E-state index in [2.05, 4.69) is 11.3 Å². The Morgan fingerprint density at radius 3 is 2.00 bits per heavy atom. The predicted molar refractivity (Wildman–Crippen MR) is 41.1 cm³/mol. The van der Waals surface area contributed by atoms with Crippen LogP contribution in [0, 0.1) is 0 Å². The molecule has 0 atom stereocenters. The van der Waals surface area contributed by atoms with Gasteiger partial charge in [0.25, 0.3) is 0 Å². The zero-order chi connectivity index (χ0) is 9.98. The van der Waals surface area contributed by atoms with Crippen LogP contribution >= 0.6 is 0 Å². The molecule has 0 unspecified atom stereocenters. The van der Waals surface area contributed by atoms with Gasteiger partial charge in [-0.15, -0.1) is 0 Å². The highest BCUT2D eigenvalue weighted by atomic mass is 16.6. The first-order valence-electron chi connectivity index (χ1n) is 3.12. The standard InChI is InChI=1S/C5H6O3.C2H6O2/c1-4(2)5(7)8-3-6;3-1-2-4/h3H,1H2,2H3;3-4H,1-2H2. The number of carbonyl (C=O) groups excluding carboxylic acids is 2. The number of carbonyl (C=O) groups is 2. The molecule has 0 aliphatic rings. The van der Waals surface area contributed by atoms with E-state index in [1.807, 2.05) is 0 Å². The van der Waals surface area contributed by atoms with Crippen LogP contribution in [0.15, 0.2) is 12.2 Å². The summed E-state index contributed by atoms with van der Waals surface area (Å²) in [5, 5.41) is 15.2. The van der Waals surface area contributed by atoms with E-state index < -0.39 is 5.97 Å². The van der Waals surface area contributed by atoms with Gasteiger partial charge in [-0.1, -0.05) is 6.58 Å². The molecule has 0 rings (SSSR count). The minimum absolute atomic E-state index is 0.0804. The molecule has 5 nitrogen and oxygen atoms in total. The van der Waals surface area contributed by atoms with E-state index in [1.54, 1.807) is 0 Å². The van der Waals surface area contributed by atoms with Crippen molar-refractivity contribution in [2.45, 2.75) is 6.92 Å². The van der Waals surface area contributed by atoms with Crippen LogP contribution < -0.4 is 0 Å². The van der Waals surface area contributed by atoms with E-state index in [1.165, 1.54) is 6.92 Å². The van der Waals surface area contributed by atoms with Crippen LogP contribution in [0.5, 0.6) is 0 Å². The quantitative estimate of drug-likeness (QED) is 0.255. The molecule has 0 aliphatic heterocycles. The number of aliphatic hydroxyl groups excluding tert-OH is 2. The van der Waals surface area contributed by atoms with Crippen molar-refractivity contribution in [1.82, 2.24) is 0 Å². The smallest absolute Gasteiger partial charge is 0.340 e. The first kappa shape index (κ1) is 13.4. The fraction of sp³-hybridized carbons (Fsp3) is 0.429. The highest BCUT2D eigenvalue weighted by Gasteiger charge is 1.98. The second-order valence-corrected chi connectivity index (χ2v) is 1.73. The predicted octanol–water partition coefficient (Wildman–Crippen LogP) is -0.767. The largest absolute Gasteiger partial charge is 0.394 e. The highest BCUT2D eigenvalue weighted by Crippen LogP contribution is 1.87. The highest BCUT2D eigenvalue weighted by molar-refractivity contribution is 5.90. The molecule has 2 N–H and O–H groups in total. The molecule has 0 aromatic rings. The van der Waals surface area contributed by atoms with Crippen molar-refractivity contribution in [3.63, 3.8) is 0 Å². The van der Waals surface area contributed by atoms with Crippen molar-refractivity contribution in [2.24, 2.45) is 0 Å². The Morgan fingerprint density at radius 1 is 1.50 bits per heavy atom. The van der Waals surface area contributed by atoms with Crippen molar-refractivity contribution >= 4 is 12.4 Å². The topological polar surface area (TPSA) is 83.8 Å². The Labute approximate surface area is 70.3 Å². The molecule has 0 aromatic heterocycles. The van der Waals surface area contributed by atoms with Crippen molar-refractivity contribution in [2.75, 3.05) is 13.2 Å². The van der Waals surface area contributed by atoms with Crippen LogP contribution in [-0.2, 0) is 14.3 Å². The Balaban J connectivity index is 0. The molecule has 0 saturated heterocycles. The Kier molecular flexibility index (Phi) is 10.9. The van der Waals surface area contributed by atoms with E-state index in [4.69, 9.17) is 10.2 Å². The fourth-order valence-electron chi connectivity index (χ4n) is 0.144. The lowest BCUT2D eigenvalue weighted by atomic mass is 10.4. The monoisotopic (exact) mass is 176 g/mol.